The van der Waals surface area contributed by atoms with E-state index in [2.05, 4.69) is 44.4 Å². The Hall–Kier alpha value is -2.32. The molecule has 0 saturated carbocycles. The predicted octanol–water partition coefficient (Wildman–Crippen LogP) is 1.15. The number of hydrogen-bond acceptors (Lipinski definition) is 5. The average molecular weight is 418 g/mol. The molecule has 1 aromatic carbocycles. The molecule has 2 aliphatic rings. The largest absolute Gasteiger partial charge is 0.450 e. The van der Waals surface area contributed by atoms with Crippen molar-refractivity contribution in [2.24, 2.45) is 4.99 Å². The maximum Gasteiger partial charge on any atom is 0.409 e. The second-order valence-electron chi connectivity index (χ2n) is 7.78. The first kappa shape index (κ1) is 22.4. The number of nitrogens with zero attached hydrogens (tertiary/aromatic N) is 4. The van der Waals surface area contributed by atoms with Gasteiger partial charge in [0.25, 0.3) is 0 Å². The zero-order valence-corrected chi connectivity index (χ0v) is 18.2. The predicted molar refractivity (Wildman–Crippen MR) is 118 cm³/mol. The van der Waals surface area contributed by atoms with Crippen molar-refractivity contribution >= 4 is 12.1 Å². The number of amides is 1. The Bertz CT molecular complexity index is 718. The number of guanidine groups is 1. The Morgan fingerprint density at radius 1 is 1.13 bits per heavy atom. The summed E-state index contributed by atoms with van der Waals surface area (Å²) in [5, 5.41) is 13.9. The number of carbonyl (C=O) groups excluding carboxylic acids is 1. The SMILES string of the molecule is CCNC(=NCC(O)CN1CCc2ccccc2C1)N1CCN(C(=O)OCC)CC1. The van der Waals surface area contributed by atoms with Crippen molar-refractivity contribution in [3.05, 3.63) is 35.4 Å². The van der Waals surface area contributed by atoms with E-state index in [9.17, 15) is 9.90 Å². The van der Waals surface area contributed by atoms with Crippen LogP contribution in [0.1, 0.15) is 25.0 Å². The van der Waals surface area contributed by atoms with Gasteiger partial charge in [-0.15, -0.1) is 0 Å². The summed E-state index contributed by atoms with van der Waals surface area (Å²) >= 11 is 0. The molecule has 1 unspecified atom stereocenters. The monoisotopic (exact) mass is 417 g/mol. The number of fused-ring (bicyclic) bond motifs is 1. The van der Waals surface area contributed by atoms with Gasteiger partial charge in [-0.2, -0.15) is 0 Å². The normalized spacial score (nSPS) is 18.7. The summed E-state index contributed by atoms with van der Waals surface area (Å²) in [5.41, 5.74) is 2.77. The Labute approximate surface area is 179 Å². The molecule has 0 spiro atoms. The molecule has 1 saturated heterocycles. The van der Waals surface area contributed by atoms with Gasteiger partial charge in [-0.3, -0.25) is 9.89 Å². The van der Waals surface area contributed by atoms with Gasteiger partial charge in [0, 0.05) is 52.4 Å². The smallest absolute Gasteiger partial charge is 0.409 e. The summed E-state index contributed by atoms with van der Waals surface area (Å²) in [6, 6.07) is 8.53. The number of rotatable bonds is 6. The van der Waals surface area contributed by atoms with Crippen LogP contribution < -0.4 is 5.32 Å². The number of nitrogens with one attached hydrogen (secondary N) is 1. The topological polar surface area (TPSA) is 80.6 Å². The molecular formula is C22H35N5O3. The molecule has 0 aromatic heterocycles. The molecule has 3 rings (SSSR count). The number of aliphatic hydroxyl groups excluding tert-OH is 1. The average Bonchev–Trinajstić information content (AvgIpc) is 2.77. The summed E-state index contributed by atoms with van der Waals surface area (Å²) in [5.74, 6) is 0.795. The third-order valence-electron chi connectivity index (χ3n) is 5.57. The lowest BCUT2D eigenvalue weighted by Gasteiger charge is -2.36. The maximum atomic E-state index is 11.9. The van der Waals surface area contributed by atoms with E-state index in [1.165, 1.54) is 11.1 Å². The third kappa shape index (κ3) is 6.09. The van der Waals surface area contributed by atoms with E-state index in [1.807, 2.05) is 13.8 Å². The molecule has 2 N–H and O–H groups in total. The van der Waals surface area contributed by atoms with E-state index >= 15 is 0 Å². The summed E-state index contributed by atoms with van der Waals surface area (Å²) in [4.78, 5) is 22.7. The molecule has 1 amide bonds. The number of aliphatic hydroxyl groups is 1. The number of carbonyl (C=O) groups is 1. The molecule has 2 heterocycles. The highest BCUT2D eigenvalue weighted by atomic mass is 16.6. The van der Waals surface area contributed by atoms with Crippen LogP contribution in [-0.2, 0) is 17.7 Å². The Morgan fingerprint density at radius 2 is 1.83 bits per heavy atom. The van der Waals surface area contributed by atoms with Gasteiger partial charge in [-0.05, 0) is 31.4 Å². The van der Waals surface area contributed by atoms with E-state index in [-0.39, 0.29) is 6.09 Å². The quantitative estimate of drug-likeness (QED) is 0.534. The van der Waals surface area contributed by atoms with Crippen LogP contribution in [0.15, 0.2) is 29.3 Å². The van der Waals surface area contributed by atoms with Gasteiger partial charge < -0.3 is 25.0 Å². The van der Waals surface area contributed by atoms with Gasteiger partial charge in [-0.25, -0.2) is 4.79 Å². The zero-order chi connectivity index (χ0) is 21.3. The first-order valence-electron chi connectivity index (χ1n) is 11.0. The van der Waals surface area contributed by atoms with Gasteiger partial charge in [0.15, 0.2) is 5.96 Å². The highest BCUT2D eigenvalue weighted by molar-refractivity contribution is 5.80. The van der Waals surface area contributed by atoms with Crippen LogP contribution in [0.2, 0.25) is 0 Å². The van der Waals surface area contributed by atoms with Crippen LogP contribution in [0.25, 0.3) is 0 Å². The van der Waals surface area contributed by atoms with Crippen LogP contribution >= 0.6 is 0 Å². The van der Waals surface area contributed by atoms with E-state index in [0.29, 0.717) is 45.9 Å². The van der Waals surface area contributed by atoms with Crippen molar-refractivity contribution in [3.8, 4) is 0 Å². The first-order chi connectivity index (χ1) is 14.6. The van der Waals surface area contributed by atoms with Crippen molar-refractivity contribution in [2.45, 2.75) is 32.9 Å². The van der Waals surface area contributed by atoms with Gasteiger partial charge in [0.2, 0.25) is 0 Å². The molecule has 8 nitrogen and oxygen atoms in total. The van der Waals surface area contributed by atoms with Crippen molar-refractivity contribution in [2.75, 3.05) is 59.0 Å². The van der Waals surface area contributed by atoms with E-state index in [1.54, 1.807) is 4.90 Å². The van der Waals surface area contributed by atoms with Gasteiger partial charge in [-0.1, -0.05) is 24.3 Å². The molecule has 0 bridgehead atoms. The lowest BCUT2D eigenvalue weighted by atomic mass is 10.00. The van der Waals surface area contributed by atoms with Gasteiger partial charge in [0.05, 0.1) is 19.3 Å². The molecule has 1 fully saturated rings. The van der Waals surface area contributed by atoms with Gasteiger partial charge >= 0.3 is 6.09 Å². The van der Waals surface area contributed by atoms with Crippen molar-refractivity contribution in [1.29, 1.82) is 0 Å². The van der Waals surface area contributed by atoms with Gasteiger partial charge in [0.1, 0.15) is 0 Å². The van der Waals surface area contributed by atoms with Crippen LogP contribution in [-0.4, -0.2) is 96.9 Å². The fourth-order valence-electron chi connectivity index (χ4n) is 4.00. The summed E-state index contributed by atoms with van der Waals surface area (Å²) < 4.78 is 5.08. The van der Waals surface area contributed by atoms with E-state index in [4.69, 9.17) is 4.74 Å². The first-order valence-corrected chi connectivity index (χ1v) is 11.0. The fourth-order valence-corrected chi connectivity index (χ4v) is 4.00. The Balaban J connectivity index is 1.49. The zero-order valence-electron chi connectivity index (χ0n) is 18.2. The van der Waals surface area contributed by atoms with Crippen molar-refractivity contribution in [3.63, 3.8) is 0 Å². The minimum Gasteiger partial charge on any atom is -0.450 e. The van der Waals surface area contributed by atoms with Crippen molar-refractivity contribution < 1.29 is 14.6 Å². The van der Waals surface area contributed by atoms with Crippen molar-refractivity contribution in [1.82, 2.24) is 20.0 Å². The highest BCUT2D eigenvalue weighted by Gasteiger charge is 2.24. The highest BCUT2D eigenvalue weighted by Crippen LogP contribution is 2.18. The molecule has 2 aliphatic heterocycles. The minimum absolute atomic E-state index is 0.252. The van der Waals surface area contributed by atoms with Crippen LogP contribution in [0.3, 0.4) is 0 Å². The van der Waals surface area contributed by atoms with Crippen LogP contribution in [0, 0.1) is 0 Å². The lowest BCUT2D eigenvalue weighted by molar-refractivity contribution is 0.0912. The molecule has 1 atom stereocenters. The van der Waals surface area contributed by atoms with Crippen LogP contribution in [0.4, 0.5) is 4.79 Å². The van der Waals surface area contributed by atoms with E-state index in [0.717, 1.165) is 32.0 Å². The molecule has 30 heavy (non-hydrogen) atoms. The molecule has 166 valence electrons. The number of piperazine rings is 1. The number of β-amino-alcohol motifs (C(OH)–C–C–N with tert-alkyl or cyclic N) is 1. The van der Waals surface area contributed by atoms with E-state index < -0.39 is 6.10 Å². The lowest BCUT2D eigenvalue weighted by Crippen LogP contribution is -2.54. The molecule has 0 aliphatic carbocycles. The third-order valence-corrected chi connectivity index (χ3v) is 5.57. The molecule has 0 radical (unpaired) electrons. The summed E-state index contributed by atoms with van der Waals surface area (Å²) in [6.07, 6.45) is 0.266. The number of ether oxygens (including phenoxy) is 1. The maximum absolute atomic E-state index is 11.9. The minimum atomic E-state index is -0.510. The number of aliphatic imine (C=N–C) groups is 1. The summed E-state index contributed by atoms with van der Waals surface area (Å²) in [6.45, 7) is 10.4. The fraction of sp³-hybridized carbons (Fsp3) is 0.636. The van der Waals surface area contributed by atoms with Crippen LogP contribution in [0.5, 0.6) is 0 Å². The molecule has 8 heteroatoms. The second kappa shape index (κ2) is 11.2. The number of hydrogen-bond donors (Lipinski definition) is 2. The standard InChI is InChI=1S/C22H35N5O3/c1-3-23-21(26-11-13-27(14-12-26)22(29)30-4-2)24-15-20(28)17-25-10-9-18-7-5-6-8-19(18)16-25/h5-8,20,28H,3-4,9-17H2,1-2H3,(H,23,24). The second-order valence-corrected chi connectivity index (χ2v) is 7.78. The molecular weight excluding hydrogens is 382 g/mol. The Morgan fingerprint density at radius 3 is 2.53 bits per heavy atom. The number of benzene rings is 1. The molecule has 1 aromatic rings. The Kier molecular flexibility index (Phi) is 8.33. The summed E-state index contributed by atoms with van der Waals surface area (Å²) in [7, 11) is 0.